The predicted octanol–water partition coefficient (Wildman–Crippen LogP) is 0.895. The van der Waals surface area contributed by atoms with Gasteiger partial charge in [0.2, 0.25) is 5.91 Å². The van der Waals surface area contributed by atoms with E-state index in [-0.39, 0.29) is 36.4 Å². The van der Waals surface area contributed by atoms with Crippen molar-refractivity contribution in [3.63, 3.8) is 0 Å². The number of amidine groups is 1. The third-order valence-corrected chi connectivity index (χ3v) is 4.53. The average Bonchev–Trinajstić information content (AvgIpc) is 3.10. The van der Waals surface area contributed by atoms with Gasteiger partial charge in [0.25, 0.3) is 5.91 Å². The highest BCUT2D eigenvalue weighted by Gasteiger charge is 2.35. The number of carbonyl (C=O) groups excluding carboxylic acids is 2. The number of hydrogen-bond acceptors (Lipinski definition) is 7. The zero-order valence-electron chi connectivity index (χ0n) is 18.0. The molecule has 0 saturated heterocycles. The van der Waals surface area contributed by atoms with Crippen LogP contribution in [-0.2, 0) is 9.59 Å². The third-order valence-electron chi connectivity index (χ3n) is 4.53. The van der Waals surface area contributed by atoms with Gasteiger partial charge in [-0.15, -0.1) is 0 Å². The number of carbonyl (C=O) groups is 2. The van der Waals surface area contributed by atoms with Crippen LogP contribution in [0, 0.1) is 17.1 Å². The van der Waals surface area contributed by atoms with Crippen molar-refractivity contribution < 1.29 is 28.9 Å². The van der Waals surface area contributed by atoms with Crippen LogP contribution in [-0.4, -0.2) is 64.6 Å². The fourth-order valence-corrected chi connectivity index (χ4v) is 3.00. The molecule has 0 aliphatic carbocycles. The van der Waals surface area contributed by atoms with Gasteiger partial charge in [0.05, 0.1) is 19.3 Å². The van der Waals surface area contributed by atoms with Gasteiger partial charge in [-0.05, 0) is 30.5 Å². The molecule has 0 saturated carbocycles. The van der Waals surface area contributed by atoms with E-state index in [4.69, 9.17) is 15.3 Å². The Morgan fingerprint density at radius 1 is 1.38 bits per heavy atom. The van der Waals surface area contributed by atoms with Crippen LogP contribution in [0.5, 0.6) is 5.75 Å². The first-order valence-electron chi connectivity index (χ1n) is 10.2. The molecule has 0 aromatic heterocycles. The van der Waals surface area contributed by atoms with Crippen molar-refractivity contribution in [3.05, 3.63) is 54.2 Å². The van der Waals surface area contributed by atoms with Crippen LogP contribution >= 0.6 is 0 Å². The summed E-state index contributed by atoms with van der Waals surface area (Å²) in [5.74, 6) is -1.43. The highest BCUT2D eigenvalue weighted by atomic mass is 19.1. The SMILES string of the molecule is CC(C)C[C@@H](C(=O)NC(=N)/C=C\NC[C@@H](O)CO)N1CC(Oc2ccccc2F)=CC1=O. The molecule has 1 aromatic carbocycles. The van der Waals surface area contributed by atoms with Crippen LogP contribution in [0.4, 0.5) is 4.39 Å². The van der Waals surface area contributed by atoms with Crippen LogP contribution in [0.2, 0.25) is 0 Å². The van der Waals surface area contributed by atoms with E-state index in [1.165, 1.54) is 41.5 Å². The summed E-state index contributed by atoms with van der Waals surface area (Å²) in [7, 11) is 0. The molecule has 1 aromatic rings. The summed E-state index contributed by atoms with van der Waals surface area (Å²) in [4.78, 5) is 26.7. The van der Waals surface area contributed by atoms with E-state index in [9.17, 15) is 19.1 Å². The van der Waals surface area contributed by atoms with Gasteiger partial charge in [-0.3, -0.25) is 15.0 Å². The number of rotatable bonds is 11. The Morgan fingerprint density at radius 3 is 2.75 bits per heavy atom. The van der Waals surface area contributed by atoms with Gasteiger partial charge in [-0.25, -0.2) is 4.39 Å². The van der Waals surface area contributed by atoms with Crippen molar-refractivity contribution in [2.45, 2.75) is 32.4 Å². The largest absolute Gasteiger partial charge is 0.457 e. The van der Waals surface area contributed by atoms with Gasteiger partial charge in [0, 0.05) is 18.8 Å². The number of nitrogens with one attached hydrogen (secondary N) is 3. The van der Waals surface area contributed by atoms with E-state index < -0.39 is 36.4 Å². The number of ether oxygens (including phenoxy) is 1. The Hall–Kier alpha value is -3.24. The molecule has 2 rings (SSSR count). The minimum atomic E-state index is -0.937. The van der Waals surface area contributed by atoms with Crippen LogP contribution < -0.4 is 15.4 Å². The van der Waals surface area contributed by atoms with E-state index in [0.29, 0.717) is 6.42 Å². The fourth-order valence-electron chi connectivity index (χ4n) is 3.00. The third kappa shape index (κ3) is 7.47. The smallest absolute Gasteiger partial charge is 0.251 e. The van der Waals surface area contributed by atoms with Crippen LogP contribution in [0.3, 0.4) is 0 Å². The molecule has 2 amide bonds. The first-order chi connectivity index (χ1) is 15.2. The monoisotopic (exact) mass is 448 g/mol. The molecule has 10 heteroatoms. The summed E-state index contributed by atoms with van der Waals surface area (Å²) in [6.45, 7) is 3.51. The molecule has 0 unspecified atom stereocenters. The summed E-state index contributed by atoms with van der Waals surface area (Å²) >= 11 is 0. The maximum Gasteiger partial charge on any atom is 0.251 e. The molecule has 2 atom stereocenters. The van der Waals surface area contributed by atoms with Crippen molar-refractivity contribution in [2.75, 3.05) is 19.7 Å². The lowest BCUT2D eigenvalue weighted by Crippen LogP contribution is -2.49. The molecule has 174 valence electrons. The Bertz CT molecular complexity index is 887. The second-order valence-corrected chi connectivity index (χ2v) is 7.74. The first kappa shape index (κ1) is 25.0. The van der Waals surface area contributed by atoms with E-state index >= 15 is 0 Å². The van der Waals surface area contributed by atoms with Crippen LogP contribution in [0.1, 0.15) is 20.3 Å². The number of aliphatic hydroxyl groups excluding tert-OH is 2. The number of para-hydroxylation sites is 1. The number of nitrogens with zero attached hydrogens (tertiary/aromatic N) is 1. The minimum absolute atomic E-state index is 0.00174. The quantitative estimate of drug-likeness (QED) is 0.252. The van der Waals surface area contributed by atoms with Crippen molar-refractivity contribution in [3.8, 4) is 5.75 Å². The lowest BCUT2D eigenvalue weighted by atomic mass is 10.0. The minimum Gasteiger partial charge on any atom is -0.457 e. The number of hydrogen-bond donors (Lipinski definition) is 5. The van der Waals surface area contributed by atoms with Crippen molar-refractivity contribution in [1.82, 2.24) is 15.5 Å². The van der Waals surface area contributed by atoms with Gasteiger partial charge in [0.1, 0.15) is 17.6 Å². The molecule has 0 bridgehead atoms. The molecule has 32 heavy (non-hydrogen) atoms. The van der Waals surface area contributed by atoms with Gasteiger partial charge in [-0.1, -0.05) is 26.0 Å². The van der Waals surface area contributed by atoms with Gasteiger partial charge in [0.15, 0.2) is 11.6 Å². The van der Waals surface area contributed by atoms with Gasteiger partial charge >= 0.3 is 0 Å². The second-order valence-electron chi connectivity index (χ2n) is 7.74. The zero-order chi connectivity index (χ0) is 23.7. The summed E-state index contributed by atoms with van der Waals surface area (Å²) in [5.41, 5.74) is 0. The second kappa shape index (κ2) is 12.0. The number of amides is 2. The first-order valence-corrected chi connectivity index (χ1v) is 10.2. The van der Waals surface area contributed by atoms with Crippen molar-refractivity contribution in [1.29, 1.82) is 5.41 Å². The van der Waals surface area contributed by atoms with Gasteiger partial charge in [-0.2, -0.15) is 0 Å². The highest BCUT2D eigenvalue weighted by molar-refractivity contribution is 6.05. The molecule has 5 N–H and O–H groups in total. The predicted molar refractivity (Wildman–Crippen MR) is 116 cm³/mol. The summed E-state index contributed by atoms with van der Waals surface area (Å²) in [5, 5.41) is 31.1. The highest BCUT2D eigenvalue weighted by Crippen LogP contribution is 2.24. The van der Waals surface area contributed by atoms with Crippen molar-refractivity contribution in [2.24, 2.45) is 5.92 Å². The Kier molecular flexibility index (Phi) is 9.36. The number of aliphatic hydroxyl groups is 2. The van der Waals surface area contributed by atoms with Crippen molar-refractivity contribution >= 4 is 17.6 Å². The molecular formula is C22H29FN4O5. The molecule has 9 nitrogen and oxygen atoms in total. The fraction of sp³-hybridized carbons (Fsp3) is 0.409. The lowest BCUT2D eigenvalue weighted by Gasteiger charge is -2.28. The summed E-state index contributed by atoms with van der Waals surface area (Å²) < 4.78 is 19.4. The molecular weight excluding hydrogens is 419 g/mol. The Balaban J connectivity index is 2.00. The summed E-state index contributed by atoms with van der Waals surface area (Å²) in [6.07, 6.45) is 3.30. The van der Waals surface area contributed by atoms with Crippen LogP contribution in [0.25, 0.3) is 0 Å². The molecule has 1 heterocycles. The maximum absolute atomic E-state index is 13.9. The normalized spacial score (nSPS) is 15.6. The van der Waals surface area contributed by atoms with E-state index in [0.717, 1.165) is 0 Å². The standard InChI is InChI=1S/C22H29FN4O5/c1-14(2)9-18(22(31)26-20(24)7-8-25-11-15(29)13-28)27-12-16(10-21(27)30)32-19-6-4-3-5-17(19)23/h3-8,10,14-15,18,25,28-29H,9,11-13H2,1-2H3,(H2,24,26,31)/b8-7-/t15-,18+/m1/s1. The maximum atomic E-state index is 13.9. The Labute approximate surface area is 186 Å². The summed E-state index contributed by atoms with van der Waals surface area (Å²) in [6, 6.07) is 4.99. The molecule has 0 radical (unpaired) electrons. The molecule has 0 spiro atoms. The Morgan fingerprint density at radius 2 is 2.09 bits per heavy atom. The average molecular weight is 448 g/mol. The topological polar surface area (TPSA) is 135 Å². The number of halogens is 1. The van der Waals surface area contributed by atoms with E-state index in [2.05, 4.69) is 10.6 Å². The van der Waals surface area contributed by atoms with E-state index in [1.807, 2.05) is 13.8 Å². The molecule has 1 aliphatic heterocycles. The number of benzene rings is 1. The van der Waals surface area contributed by atoms with Gasteiger partial charge < -0.3 is 30.5 Å². The molecule has 1 aliphatic rings. The lowest BCUT2D eigenvalue weighted by molar-refractivity contribution is -0.135. The zero-order valence-corrected chi connectivity index (χ0v) is 18.0. The van der Waals surface area contributed by atoms with E-state index in [1.54, 1.807) is 6.07 Å². The van der Waals surface area contributed by atoms with Crippen LogP contribution in [0.15, 0.2) is 48.4 Å². The molecule has 0 fully saturated rings.